The molecule has 0 radical (unpaired) electrons. The fourth-order valence-electron chi connectivity index (χ4n) is 1.91. The maximum absolute atomic E-state index is 11.9. The van der Waals surface area contributed by atoms with Gasteiger partial charge < -0.3 is 11.5 Å². The van der Waals surface area contributed by atoms with Crippen molar-refractivity contribution >= 4 is 18.2 Å². The predicted octanol–water partition coefficient (Wildman–Crippen LogP) is 0.455. The molecule has 2 rings (SSSR count). The molecule has 0 aliphatic heterocycles. The molecule has 3 nitrogen and oxygen atoms in total. The summed E-state index contributed by atoms with van der Waals surface area (Å²) in [6, 6.07) is 0. The van der Waals surface area contributed by atoms with E-state index in [1.807, 2.05) is 0 Å². The maximum atomic E-state index is 11.9. The van der Waals surface area contributed by atoms with Crippen molar-refractivity contribution in [1.82, 2.24) is 0 Å². The second-order valence-corrected chi connectivity index (χ2v) is 4.30. The van der Waals surface area contributed by atoms with Crippen molar-refractivity contribution in [2.24, 2.45) is 22.3 Å². The molecule has 76 valence electrons. The van der Waals surface area contributed by atoms with Gasteiger partial charge in [-0.15, -0.1) is 12.4 Å². The van der Waals surface area contributed by atoms with Crippen molar-refractivity contribution in [2.75, 3.05) is 13.1 Å². The summed E-state index contributed by atoms with van der Waals surface area (Å²) in [5.74, 6) is 0.361. The van der Waals surface area contributed by atoms with Crippen molar-refractivity contribution in [3.63, 3.8) is 0 Å². The van der Waals surface area contributed by atoms with Gasteiger partial charge in [-0.25, -0.2) is 0 Å². The van der Waals surface area contributed by atoms with Gasteiger partial charge in [0.05, 0.1) is 0 Å². The minimum atomic E-state index is -0.143. The van der Waals surface area contributed by atoms with Crippen LogP contribution in [0.1, 0.15) is 25.7 Å². The molecule has 0 bridgehead atoms. The standard InChI is InChI=1S/C9H16N2O.ClH/c10-5-8(1-2-8)7(12)9(6-11)3-4-9;/h1-6,10-11H2;1H. The molecule has 13 heavy (non-hydrogen) atoms. The average Bonchev–Trinajstić information content (AvgIpc) is 3.00. The Kier molecular flexibility index (Phi) is 2.72. The van der Waals surface area contributed by atoms with Crippen LogP contribution in [0.5, 0.6) is 0 Å². The molecule has 0 unspecified atom stereocenters. The molecule has 2 aliphatic rings. The van der Waals surface area contributed by atoms with E-state index in [1.165, 1.54) is 0 Å². The molecular formula is C9H17ClN2O. The Labute approximate surface area is 84.6 Å². The third-order valence-electron chi connectivity index (χ3n) is 3.45. The number of rotatable bonds is 4. The van der Waals surface area contributed by atoms with E-state index in [-0.39, 0.29) is 23.2 Å². The van der Waals surface area contributed by atoms with E-state index < -0.39 is 0 Å². The molecule has 0 saturated heterocycles. The van der Waals surface area contributed by atoms with Crippen LogP contribution in [0.4, 0.5) is 0 Å². The van der Waals surface area contributed by atoms with Crippen LogP contribution >= 0.6 is 12.4 Å². The average molecular weight is 205 g/mol. The zero-order chi connectivity index (χ0) is 8.82. The van der Waals surface area contributed by atoms with Crippen LogP contribution in [0.3, 0.4) is 0 Å². The highest BCUT2D eigenvalue weighted by molar-refractivity contribution is 5.95. The van der Waals surface area contributed by atoms with Gasteiger partial charge in [0.25, 0.3) is 0 Å². The van der Waals surface area contributed by atoms with E-state index in [0.29, 0.717) is 18.9 Å². The largest absolute Gasteiger partial charge is 0.329 e. The Morgan fingerprint density at radius 1 is 1.00 bits per heavy atom. The van der Waals surface area contributed by atoms with Crippen LogP contribution < -0.4 is 11.5 Å². The van der Waals surface area contributed by atoms with Gasteiger partial charge in [0.2, 0.25) is 0 Å². The van der Waals surface area contributed by atoms with Gasteiger partial charge in [-0.3, -0.25) is 4.79 Å². The summed E-state index contributed by atoms with van der Waals surface area (Å²) >= 11 is 0. The second kappa shape index (κ2) is 3.23. The summed E-state index contributed by atoms with van der Waals surface area (Å²) in [6.45, 7) is 1.04. The molecule has 2 aliphatic carbocycles. The zero-order valence-electron chi connectivity index (χ0n) is 7.71. The minimum Gasteiger partial charge on any atom is -0.329 e. The number of hydrogen-bond donors (Lipinski definition) is 2. The first kappa shape index (κ1) is 11.0. The Bertz CT molecular complexity index is 200. The van der Waals surface area contributed by atoms with Crippen molar-refractivity contribution in [3.05, 3.63) is 0 Å². The number of carbonyl (C=O) groups excluding carboxylic acids is 1. The van der Waals surface area contributed by atoms with E-state index in [2.05, 4.69) is 0 Å². The highest BCUT2D eigenvalue weighted by Crippen LogP contribution is 2.57. The summed E-state index contributed by atoms with van der Waals surface area (Å²) < 4.78 is 0. The fourth-order valence-corrected chi connectivity index (χ4v) is 1.91. The molecule has 0 aromatic rings. The minimum absolute atomic E-state index is 0. The van der Waals surface area contributed by atoms with Crippen LogP contribution in [0.15, 0.2) is 0 Å². The lowest BCUT2D eigenvalue weighted by Gasteiger charge is -2.18. The normalized spacial score (nSPS) is 26.0. The number of nitrogens with two attached hydrogens (primary N) is 2. The van der Waals surface area contributed by atoms with Gasteiger partial charge in [-0.05, 0) is 25.7 Å². The van der Waals surface area contributed by atoms with E-state index in [1.54, 1.807) is 0 Å². The summed E-state index contributed by atoms with van der Waals surface area (Å²) in [4.78, 5) is 11.9. The van der Waals surface area contributed by atoms with Crippen LogP contribution in [0.2, 0.25) is 0 Å². The predicted molar refractivity (Wildman–Crippen MR) is 53.7 cm³/mol. The number of Topliss-reactive ketones (excluding diaryl/α,β-unsaturated/α-hetero) is 1. The van der Waals surface area contributed by atoms with Gasteiger partial charge >= 0.3 is 0 Å². The van der Waals surface area contributed by atoms with Gasteiger partial charge in [0, 0.05) is 23.9 Å². The van der Waals surface area contributed by atoms with Crippen LogP contribution in [-0.4, -0.2) is 18.9 Å². The number of halogens is 1. The second-order valence-electron chi connectivity index (χ2n) is 4.30. The summed E-state index contributed by atoms with van der Waals surface area (Å²) in [7, 11) is 0. The summed E-state index contributed by atoms with van der Waals surface area (Å²) in [5.41, 5.74) is 10.9. The van der Waals surface area contributed by atoms with E-state index in [0.717, 1.165) is 25.7 Å². The van der Waals surface area contributed by atoms with Crippen molar-refractivity contribution in [2.45, 2.75) is 25.7 Å². The summed E-state index contributed by atoms with van der Waals surface area (Å²) in [5, 5.41) is 0. The Balaban J connectivity index is 0.000000845. The third-order valence-corrected chi connectivity index (χ3v) is 3.45. The molecule has 0 atom stereocenters. The number of carbonyl (C=O) groups is 1. The molecule has 4 N–H and O–H groups in total. The lowest BCUT2D eigenvalue weighted by atomic mass is 9.87. The van der Waals surface area contributed by atoms with Gasteiger partial charge in [-0.1, -0.05) is 0 Å². The van der Waals surface area contributed by atoms with E-state index in [9.17, 15) is 4.79 Å². The summed E-state index contributed by atoms with van der Waals surface area (Å²) in [6.07, 6.45) is 3.96. The molecule has 4 heteroatoms. The Morgan fingerprint density at radius 3 is 1.46 bits per heavy atom. The monoisotopic (exact) mass is 204 g/mol. The van der Waals surface area contributed by atoms with Gasteiger partial charge in [-0.2, -0.15) is 0 Å². The third kappa shape index (κ3) is 1.49. The fraction of sp³-hybridized carbons (Fsp3) is 0.889. The first-order chi connectivity index (χ1) is 5.69. The molecule has 0 aromatic carbocycles. The van der Waals surface area contributed by atoms with E-state index >= 15 is 0 Å². The zero-order valence-corrected chi connectivity index (χ0v) is 8.53. The molecule has 0 heterocycles. The first-order valence-corrected chi connectivity index (χ1v) is 4.64. The van der Waals surface area contributed by atoms with Crippen LogP contribution in [-0.2, 0) is 4.79 Å². The topological polar surface area (TPSA) is 69.1 Å². The molecule has 2 saturated carbocycles. The van der Waals surface area contributed by atoms with Crippen molar-refractivity contribution in [3.8, 4) is 0 Å². The molecule has 0 aromatic heterocycles. The van der Waals surface area contributed by atoms with Gasteiger partial charge in [0.15, 0.2) is 0 Å². The highest BCUT2D eigenvalue weighted by Gasteiger charge is 2.60. The smallest absolute Gasteiger partial charge is 0.147 e. The van der Waals surface area contributed by atoms with Crippen molar-refractivity contribution in [1.29, 1.82) is 0 Å². The van der Waals surface area contributed by atoms with E-state index in [4.69, 9.17) is 11.5 Å². The number of hydrogen-bond acceptors (Lipinski definition) is 3. The van der Waals surface area contributed by atoms with Gasteiger partial charge in [0.1, 0.15) is 5.78 Å². The quantitative estimate of drug-likeness (QED) is 0.699. The Hall–Kier alpha value is -0.120. The molecular weight excluding hydrogens is 188 g/mol. The lowest BCUT2D eigenvalue weighted by Crippen LogP contribution is -2.36. The molecule has 0 amide bonds. The Morgan fingerprint density at radius 2 is 1.31 bits per heavy atom. The highest BCUT2D eigenvalue weighted by atomic mass is 35.5. The SMILES string of the molecule is Cl.NCC1(C(=O)C2(CN)CC2)CC1. The van der Waals surface area contributed by atoms with Crippen LogP contribution in [0.25, 0.3) is 0 Å². The molecule has 0 spiro atoms. The molecule has 2 fully saturated rings. The number of ketones is 1. The first-order valence-electron chi connectivity index (χ1n) is 4.64. The maximum Gasteiger partial charge on any atom is 0.147 e. The van der Waals surface area contributed by atoms with Crippen LogP contribution in [0, 0.1) is 10.8 Å². The lowest BCUT2D eigenvalue weighted by molar-refractivity contribution is -0.128. The van der Waals surface area contributed by atoms with Crippen molar-refractivity contribution < 1.29 is 4.79 Å².